The number of rotatable bonds is 6. The van der Waals surface area contributed by atoms with Gasteiger partial charge in [0.25, 0.3) is 0 Å². The van der Waals surface area contributed by atoms with E-state index in [1.165, 1.54) is 11.1 Å². The van der Waals surface area contributed by atoms with Crippen molar-refractivity contribution in [2.24, 2.45) is 4.99 Å². The van der Waals surface area contributed by atoms with Crippen LogP contribution in [0.4, 0.5) is 0 Å². The van der Waals surface area contributed by atoms with Crippen molar-refractivity contribution in [3.05, 3.63) is 35.4 Å². The summed E-state index contributed by atoms with van der Waals surface area (Å²) in [6.45, 7) is 8.77. The van der Waals surface area contributed by atoms with E-state index in [4.69, 9.17) is 0 Å². The lowest BCUT2D eigenvalue weighted by Crippen LogP contribution is -2.37. The molecule has 1 unspecified atom stereocenters. The summed E-state index contributed by atoms with van der Waals surface area (Å²) in [5, 5.41) is 6.52. The summed E-state index contributed by atoms with van der Waals surface area (Å²) in [6, 6.07) is 8.99. The Morgan fingerprint density at radius 1 is 1.10 bits per heavy atom. The Bertz CT molecular complexity index is 401. The van der Waals surface area contributed by atoms with E-state index < -0.39 is 0 Å². The lowest BCUT2D eigenvalue weighted by Gasteiger charge is -2.24. The number of likely N-dealkylation sites (N-methyl/N-ethyl adjacent to an activating group) is 1. The molecular weight excluding hydrogens is 248 g/mol. The summed E-state index contributed by atoms with van der Waals surface area (Å²) < 4.78 is 0. The van der Waals surface area contributed by atoms with Gasteiger partial charge in [-0.05, 0) is 40.4 Å². The number of aliphatic imine (C=N–C) groups is 1. The van der Waals surface area contributed by atoms with Crippen LogP contribution in [0.5, 0.6) is 0 Å². The van der Waals surface area contributed by atoms with Crippen LogP contribution >= 0.6 is 0 Å². The Kier molecular flexibility index (Phi) is 7.09. The summed E-state index contributed by atoms with van der Waals surface area (Å²) in [5.41, 5.74) is 2.59. The second-order valence-electron chi connectivity index (χ2n) is 5.14. The molecule has 0 aromatic heterocycles. The van der Waals surface area contributed by atoms with Crippen LogP contribution in [0.25, 0.3) is 0 Å². The Morgan fingerprint density at radius 3 is 2.10 bits per heavy atom. The van der Waals surface area contributed by atoms with E-state index in [-0.39, 0.29) is 0 Å². The largest absolute Gasteiger partial charge is 0.357 e. The third-order valence-corrected chi connectivity index (χ3v) is 3.20. The van der Waals surface area contributed by atoms with Crippen LogP contribution in [0.2, 0.25) is 0 Å². The molecule has 0 amide bonds. The number of nitrogens with zero attached hydrogens (tertiary/aromatic N) is 2. The minimum atomic E-state index is 0.294. The summed E-state index contributed by atoms with van der Waals surface area (Å²) in [6.07, 6.45) is 0. The molecule has 4 heteroatoms. The monoisotopic (exact) mass is 276 g/mol. The van der Waals surface area contributed by atoms with E-state index in [0.29, 0.717) is 6.04 Å². The predicted molar refractivity (Wildman–Crippen MR) is 87.3 cm³/mol. The van der Waals surface area contributed by atoms with Gasteiger partial charge in [-0.25, -0.2) is 0 Å². The summed E-state index contributed by atoms with van der Waals surface area (Å²) >= 11 is 0. The summed E-state index contributed by atoms with van der Waals surface area (Å²) in [7, 11) is 4.19. The van der Waals surface area contributed by atoms with Crippen molar-refractivity contribution in [2.75, 3.05) is 33.7 Å². The highest BCUT2D eigenvalue weighted by Crippen LogP contribution is 2.19. The molecule has 0 heterocycles. The van der Waals surface area contributed by atoms with E-state index in [1.54, 1.807) is 0 Å². The van der Waals surface area contributed by atoms with Crippen LogP contribution in [0.3, 0.4) is 0 Å². The van der Waals surface area contributed by atoms with Gasteiger partial charge in [0, 0.05) is 13.1 Å². The SMILES string of the molecule is CCNC(=NCC(c1ccc(C)cc1)N(C)C)NCC. The maximum Gasteiger partial charge on any atom is 0.191 e. The van der Waals surface area contributed by atoms with Crippen molar-refractivity contribution >= 4 is 5.96 Å². The zero-order valence-electron chi connectivity index (χ0n) is 13.4. The molecule has 0 saturated carbocycles. The molecule has 0 aliphatic heterocycles. The molecule has 0 bridgehead atoms. The van der Waals surface area contributed by atoms with Crippen molar-refractivity contribution in [3.8, 4) is 0 Å². The lowest BCUT2D eigenvalue weighted by atomic mass is 10.0. The Hall–Kier alpha value is -1.55. The third-order valence-electron chi connectivity index (χ3n) is 3.20. The zero-order chi connectivity index (χ0) is 15.0. The van der Waals surface area contributed by atoms with Crippen LogP contribution in [0.1, 0.15) is 31.0 Å². The first-order chi connectivity index (χ1) is 9.58. The highest BCUT2D eigenvalue weighted by atomic mass is 15.2. The number of benzene rings is 1. The molecular formula is C16H28N4. The molecule has 0 radical (unpaired) electrons. The van der Waals surface area contributed by atoms with Crippen molar-refractivity contribution in [1.82, 2.24) is 15.5 Å². The van der Waals surface area contributed by atoms with Gasteiger partial charge < -0.3 is 15.5 Å². The fourth-order valence-corrected chi connectivity index (χ4v) is 2.04. The molecule has 112 valence electrons. The van der Waals surface area contributed by atoms with E-state index in [9.17, 15) is 0 Å². The van der Waals surface area contributed by atoms with E-state index >= 15 is 0 Å². The first-order valence-electron chi connectivity index (χ1n) is 7.33. The van der Waals surface area contributed by atoms with Gasteiger partial charge in [0.15, 0.2) is 5.96 Å². The van der Waals surface area contributed by atoms with Gasteiger partial charge in [0.05, 0.1) is 12.6 Å². The highest BCUT2D eigenvalue weighted by molar-refractivity contribution is 5.79. The molecule has 0 spiro atoms. The van der Waals surface area contributed by atoms with Gasteiger partial charge in [-0.15, -0.1) is 0 Å². The van der Waals surface area contributed by atoms with Crippen LogP contribution in [-0.2, 0) is 0 Å². The van der Waals surface area contributed by atoms with Gasteiger partial charge in [0.1, 0.15) is 0 Å². The topological polar surface area (TPSA) is 39.7 Å². The minimum absolute atomic E-state index is 0.294. The molecule has 0 fully saturated rings. The normalized spacial score (nSPS) is 12.1. The van der Waals surface area contributed by atoms with Crippen molar-refractivity contribution in [2.45, 2.75) is 26.8 Å². The van der Waals surface area contributed by atoms with E-state index in [2.05, 4.69) is 79.7 Å². The van der Waals surface area contributed by atoms with E-state index in [1.807, 2.05) is 0 Å². The lowest BCUT2D eigenvalue weighted by molar-refractivity contribution is 0.306. The maximum atomic E-state index is 4.68. The Morgan fingerprint density at radius 2 is 1.65 bits per heavy atom. The zero-order valence-corrected chi connectivity index (χ0v) is 13.4. The molecule has 0 aliphatic carbocycles. The molecule has 1 rings (SSSR count). The number of guanidine groups is 1. The van der Waals surface area contributed by atoms with E-state index in [0.717, 1.165) is 25.6 Å². The maximum absolute atomic E-state index is 4.68. The standard InChI is InChI=1S/C16H28N4/c1-6-17-16(18-7-2)19-12-15(20(4)5)14-10-8-13(3)9-11-14/h8-11,15H,6-7,12H2,1-5H3,(H2,17,18,19). The van der Waals surface area contributed by atoms with Crippen LogP contribution in [-0.4, -0.2) is 44.6 Å². The Labute approximate surface area is 123 Å². The number of aryl methyl sites for hydroxylation is 1. The average molecular weight is 276 g/mol. The van der Waals surface area contributed by atoms with Gasteiger partial charge in [-0.2, -0.15) is 0 Å². The summed E-state index contributed by atoms with van der Waals surface area (Å²) in [4.78, 5) is 6.89. The smallest absolute Gasteiger partial charge is 0.191 e. The molecule has 0 aliphatic rings. The third kappa shape index (κ3) is 5.21. The molecule has 2 N–H and O–H groups in total. The number of nitrogens with one attached hydrogen (secondary N) is 2. The number of hydrogen-bond donors (Lipinski definition) is 2. The highest BCUT2D eigenvalue weighted by Gasteiger charge is 2.13. The van der Waals surface area contributed by atoms with Crippen molar-refractivity contribution < 1.29 is 0 Å². The molecule has 0 saturated heterocycles. The van der Waals surface area contributed by atoms with Gasteiger partial charge >= 0.3 is 0 Å². The Balaban J connectivity index is 2.81. The fraction of sp³-hybridized carbons (Fsp3) is 0.562. The van der Waals surface area contributed by atoms with Gasteiger partial charge in [-0.1, -0.05) is 29.8 Å². The van der Waals surface area contributed by atoms with Crippen LogP contribution in [0, 0.1) is 6.92 Å². The predicted octanol–water partition coefficient (Wildman–Crippen LogP) is 2.17. The molecule has 20 heavy (non-hydrogen) atoms. The molecule has 1 aromatic rings. The minimum Gasteiger partial charge on any atom is -0.357 e. The molecule has 1 aromatic carbocycles. The van der Waals surface area contributed by atoms with Crippen molar-refractivity contribution in [3.63, 3.8) is 0 Å². The first kappa shape index (κ1) is 16.5. The van der Waals surface area contributed by atoms with Gasteiger partial charge in [0.2, 0.25) is 0 Å². The summed E-state index contributed by atoms with van der Waals surface area (Å²) in [5.74, 6) is 0.883. The molecule has 1 atom stereocenters. The fourth-order valence-electron chi connectivity index (χ4n) is 2.04. The van der Waals surface area contributed by atoms with Crippen LogP contribution in [0.15, 0.2) is 29.3 Å². The van der Waals surface area contributed by atoms with Crippen molar-refractivity contribution in [1.29, 1.82) is 0 Å². The first-order valence-corrected chi connectivity index (χ1v) is 7.33. The average Bonchev–Trinajstić information content (AvgIpc) is 2.41. The second-order valence-corrected chi connectivity index (χ2v) is 5.14. The van der Waals surface area contributed by atoms with Gasteiger partial charge in [-0.3, -0.25) is 4.99 Å². The second kappa shape index (κ2) is 8.59. The van der Waals surface area contributed by atoms with Crippen LogP contribution < -0.4 is 10.6 Å². The number of hydrogen-bond acceptors (Lipinski definition) is 2. The quantitative estimate of drug-likeness (QED) is 0.618. The molecule has 4 nitrogen and oxygen atoms in total.